The SMILES string of the molecule is CC(C)(C)OC(=O)NC1CCC(Nc2nccc(-c3cccnc3F)n2)CC1.CC(C)(C)OC(=O)NC1CCC(Nc2nccc(-c3cccnc3Oc3cccc4c(N)cccc34)n2)CC1.Nc1cccc2c(O)cccc12. The van der Waals surface area contributed by atoms with E-state index in [1.807, 2.05) is 120 Å². The summed E-state index contributed by atoms with van der Waals surface area (Å²) in [5, 5.41) is 25.7. The number of hydrogen-bond donors (Lipinski definition) is 7. The number of pyridine rings is 2. The molecule has 0 radical (unpaired) electrons. The summed E-state index contributed by atoms with van der Waals surface area (Å²) in [6, 6.07) is 33.6. The number of nitrogens with two attached hydrogens (primary N) is 2. The first-order chi connectivity index (χ1) is 37.8. The van der Waals surface area contributed by atoms with Crippen LogP contribution in [0, 0.1) is 5.95 Å². The van der Waals surface area contributed by atoms with Gasteiger partial charge in [-0.3, -0.25) is 0 Å². The van der Waals surface area contributed by atoms with Gasteiger partial charge in [0.2, 0.25) is 23.7 Å². The molecule has 18 nitrogen and oxygen atoms in total. The van der Waals surface area contributed by atoms with Crippen LogP contribution in [-0.2, 0) is 9.47 Å². The second-order valence-corrected chi connectivity index (χ2v) is 21.4. The zero-order valence-electron chi connectivity index (χ0n) is 45.4. The Hall–Kier alpha value is -8.87. The Morgan fingerprint density at radius 3 is 1.48 bits per heavy atom. The first-order valence-corrected chi connectivity index (χ1v) is 26.5. The van der Waals surface area contributed by atoms with E-state index in [-0.39, 0.29) is 42.1 Å². The van der Waals surface area contributed by atoms with Crippen LogP contribution in [0.25, 0.3) is 44.1 Å². The zero-order valence-corrected chi connectivity index (χ0v) is 45.4. The fourth-order valence-electron chi connectivity index (χ4n) is 9.29. The predicted molar refractivity (Wildman–Crippen MR) is 307 cm³/mol. The third kappa shape index (κ3) is 16.1. The smallest absolute Gasteiger partial charge is 0.407 e. The van der Waals surface area contributed by atoms with Crippen molar-refractivity contribution in [2.75, 3.05) is 22.1 Å². The molecule has 2 fully saturated rings. The van der Waals surface area contributed by atoms with Crippen molar-refractivity contribution in [2.45, 2.75) is 128 Å². The van der Waals surface area contributed by atoms with Crippen molar-refractivity contribution in [1.82, 2.24) is 40.5 Å². The van der Waals surface area contributed by atoms with Gasteiger partial charge in [0.25, 0.3) is 0 Å². The van der Waals surface area contributed by atoms with Gasteiger partial charge < -0.3 is 52.1 Å². The number of carbonyl (C=O) groups is 2. The quantitative estimate of drug-likeness (QED) is 0.0496. The van der Waals surface area contributed by atoms with Crippen LogP contribution in [0.3, 0.4) is 0 Å². The normalized spacial score (nSPS) is 17.2. The van der Waals surface area contributed by atoms with E-state index < -0.39 is 17.1 Å². The molecule has 2 amide bonds. The lowest BCUT2D eigenvalue weighted by Gasteiger charge is -2.30. The predicted octanol–water partition coefficient (Wildman–Crippen LogP) is 12.4. The van der Waals surface area contributed by atoms with Crippen molar-refractivity contribution in [3.05, 3.63) is 140 Å². The number of phenols is 1. The van der Waals surface area contributed by atoms with Crippen LogP contribution >= 0.6 is 0 Å². The molecule has 0 saturated heterocycles. The maximum absolute atomic E-state index is 13.9. The molecule has 10 rings (SSSR count). The summed E-state index contributed by atoms with van der Waals surface area (Å²) in [7, 11) is 0. The fraction of sp³-hybridized carbons (Fsp3) is 0.333. The molecule has 2 aliphatic rings. The molecule has 19 heteroatoms. The summed E-state index contributed by atoms with van der Waals surface area (Å²) < 4.78 is 30.9. The van der Waals surface area contributed by atoms with E-state index in [0.29, 0.717) is 51.9 Å². The first-order valence-electron chi connectivity index (χ1n) is 26.5. The fourth-order valence-corrected chi connectivity index (χ4v) is 9.29. The Morgan fingerprint density at radius 2 is 0.962 bits per heavy atom. The second kappa shape index (κ2) is 25.5. The number of benzene rings is 4. The van der Waals surface area contributed by atoms with Crippen molar-refractivity contribution in [3.63, 3.8) is 0 Å². The summed E-state index contributed by atoms with van der Waals surface area (Å²) in [6.07, 6.45) is 12.6. The second-order valence-electron chi connectivity index (χ2n) is 21.4. The Morgan fingerprint density at radius 1 is 0.519 bits per heavy atom. The number of amides is 2. The van der Waals surface area contributed by atoms with E-state index in [0.717, 1.165) is 78.5 Å². The molecule has 8 aromatic rings. The molecule has 2 saturated carbocycles. The first kappa shape index (κ1) is 56.3. The summed E-state index contributed by atoms with van der Waals surface area (Å²) in [4.78, 5) is 50.0. The Kier molecular flexibility index (Phi) is 18.2. The van der Waals surface area contributed by atoms with Gasteiger partial charge in [-0.1, -0.05) is 48.5 Å². The van der Waals surface area contributed by atoms with Crippen LogP contribution in [0.1, 0.15) is 92.9 Å². The van der Waals surface area contributed by atoms with Gasteiger partial charge >= 0.3 is 12.2 Å². The summed E-state index contributed by atoms with van der Waals surface area (Å²) in [5.74, 6) is 1.85. The largest absolute Gasteiger partial charge is 0.507 e. The highest BCUT2D eigenvalue weighted by Gasteiger charge is 2.27. The van der Waals surface area contributed by atoms with Crippen molar-refractivity contribution in [1.29, 1.82) is 0 Å². The molecule has 0 atom stereocenters. The van der Waals surface area contributed by atoms with Crippen LogP contribution in [0.4, 0.5) is 37.3 Å². The minimum atomic E-state index is -0.555. The molecule has 4 aromatic heterocycles. The van der Waals surface area contributed by atoms with Crippen LogP contribution < -0.4 is 37.5 Å². The number of aromatic hydroxyl groups is 1. The average molecular weight is 1070 g/mol. The van der Waals surface area contributed by atoms with Crippen LogP contribution in [0.15, 0.2) is 134 Å². The number of alkyl carbamates (subject to hydrolysis) is 2. The standard InChI is InChI=1S/C30H34N6O3.C20H26FN5O2.C10H9NO/c1-30(2,3)39-29(37)35-20-14-12-19(13-15-20)34-28-33-18-16-25(36-28)23-9-6-17-32-27(23)38-26-11-5-7-21-22(26)8-4-10-24(21)31;1-20(2,3)28-19(27)25-14-8-6-13(7-9-14)24-18-23-12-10-16(26-18)15-5-4-11-22-17(15)21;11-9-5-1-4-8-7(9)3-2-6-10(8)12/h4-11,16-20H,12-15,31H2,1-3H3,(H,35,37)(H,33,34,36);4-5,10-14H,6-9H2,1-3H3,(H,25,27)(H,23,24,26);1-6,12H,11H2. The van der Waals surface area contributed by atoms with E-state index in [1.165, 1.54) is 6.20 Å². The van der Waals surface area contributed by atoms with E-state index in [2.05, 4.69) is 46.2 Å². The molecular weight excluding hydrogens is 1000 g/mol. The lowest BCUT2D eigenvalue weighted by molar-refractivity contribution is 0.0480. The number of carbonyl (C=O) groups excluding carboxylic acids is 2. The van der Waals surface area contributed by atoms with Gasteiger partial charge in [0.15, 0.2) is 0 Å². The third-order valence-electron chi connectivity index (χ3n) is 13.0. The molecule has 412 valence electrons. The molecule has 9 N–H and O–H groups in total. The molecule has 4 heterocycles. The molecule has 0 bridgehead atoms. The number of ether oxygens (including phenoxy) is 3. The lowest BCUT2D eigenvalue weighted by atomic mass is 9.91. The Balaban J connectivity index is 0.000000177. The van der Waals surface area contributed by atoms with Gasteiger partial charge in [-0.05, 0) is 154 Å². The number of aromatic nitrogens is 6. The minimum Gasteiger partial charge on any atom is -0.507 e. The summed E-state index contributed by atoms with van der Waals surface area (Å²) >= 11 is 0. The molecular formula is C60H69FN12O6. The lowest BCUT2D eigenvalue weighted by Crippen LogP contribution is -2.42. The van der Waals surface area contributed by atoms with Crippen LogP contribution in [-0.4, -0.2) is 82.6 Å². The maximum Gasteiger partial charge on any atom is 0.407 e. The highest BCUT2D eigenvalue weighted by molar-refractivity contribution is 5.97. The van der Waals surface area contributed by atoms with Gasteiger partial charge in [-0.25, -0.2) is 39.5 Å². The number of halogens is 1. The number of phenolic OH excluding ortho intramolecular Hbond substituents is 1. The van der Waals surface area contributed by atoms with E-state index in [4.69, 9.17) is 30.7 Å². The van der Waals surface area contributed by atoms with Gasteiger partial charge in [0, 0.05) is 81.9 Å². The number of hydrogen-bond acceptors (Lipinski definition) is 16. The number of nitrogens with zero attached hydrogens (tertiary/aromatic N) is 6. The van der Waals surface area contributed by atoms with E-state index >= 15 is 0 Å². The Bertz CT molecular complexity index is 3310. The zero-order chi connectivity index (χ0) is 56.1. The maximum atomic E-state index is 13.9. The molecule has 0 aliphatic heterocycles. The van der Waals surface area contributed by atoms with Crippen LogP contribution in [0.5, 0.6) is 17.4 Å². The number of nitrogen functional groups attached to an aromatic ring is 2. The minimum absolute atomic E-state index is 0.102. The highest BCUT2D eigenvalue weighted by Crippen LogP contribution is 2.36. The van der Waals surface area contributed by atoms with Crippen molar-refractivity contribution in [2.24, 2.45) is 0 Å². The van der Waals surface area contributed by atoms with Crippen molar-refractivity contribution in [3.8, 4) is 39.9 Å². The Labute approximate surface area is 459 Å². The molecule has 2 aliphatic carbocycles. The van der Waals surface area contributed by atoms with Gasteiger partial charge in [-0.2, -0.15) is 4.39 Å². The third-order valence-corrected chi connectivity index (χ3v) is 13.0. The highest BCUT2D eigenvalue weighted by atomic mass is 19.1. The summed E-state index contributed by atoms with van der Waals surface area (Å²) in [5.41, 5.74) is 14.6. The van der Waals surface area contributed by atoms with Gasteiger partial charge in [0.05, 0.1) is 22.5 Å². The summed E-state index contributed by atoms with van der Waals surface area (Å²) in [6.45, 7) is 11.1. The molecule has 0 spiro atoms. The van der Waals surface area contributed by atoms with Crippen molar-refractivity contribution >= 4 is 57.0 Å². The monoisotopic (exact) mass is 1070 g/mol. The van der Waals surface area contributed by atoms with Crippen LogP contribution in [0.2, 0.25) is 0 Å². The molecule has 0 unspecified atom stereocenters. The number of rotatable bonds is 10. The number of nitrogens with one attached hydrogen (secondary N) is 4. The van der Waals surface area contributed by atoms with E-state index in [1.54, 1.807) is 48.9 Å². The number of anilines is 4. The molecule has 79 heavy (non-hydrogen) atoms. The molecule has 4 aromatic carbocycles. The van der Waals surface area contributed by atoms with E-state index in [9.17, 15) is 19.1 Å². The van der Waals surface area contributed by atoms with Gasteiger partial charge in [0.1, 0.15) is 22.7 Å². The van der Waals surface area contributed by atoms with Crippen molar-refractivity contribution < 1.29 is 33.3 Å². The number of fused-ring (bicyclic) bond motifs is 2. The van der Waals surface area contributed by atoms with Gasteiger partial charge in [-0.15, -0.1) is 0 Å². The average Bonchev–Trinajstić information content (AvgIpc) is 3.41. The topological polar surface area (TPSA) is 260 Å².